The molecule has 94 valence electrons. The van der Waals surface area contributed by atoms with Crippen LogP contribution in [0.3, 0.4) is 0 Å². The highest BCUT2D eigenvalue weighted by Crippen LogP contribution is 2.45. The molecule has 2 atom stereocenters. The molecule has 1 saturated carbocycles. The SMILES string of the molecule is Cc1ccc2sc3c(c2c1)CC1CCCCC1C3. The lowest BCUT2D eigenvalue weighted by Gasteiger charge is -2.35. The largest absolute Gasteiger partial charge is 0.140 e. The fourth-order valence-electron chi connectivity index (χ4n) is 4.02. The van der Waals surface area contributed by atoms with E-state index in [0.717, 1.165) is 11.8 Å². The number of hydrogen-bond donors (Lipinski definition) is 0. The van der Waals surface area contributed by atoms with E-state index in [0.29, 0.717) is 0 Å². The van der Waals surface area contributed by atoms with Gasteiger partial charge in [-0.1, -0.05) is 30.5 Å². The third kappa shape index (κ3) is 1.64. The average Bonchev–Trinajstić information content (AvgIpc) is 2.73. The van der Waals surface area contributed by atoms with Crippen LogP contribution in [0.4, 0.5) is 0 Å². The maximum Gasteiger partial charge on any atom is 0.0348 e. The van der Waals surface area contributed by atoms with Crippen molar-refractivity contribution in [2.24, 2.45) is 11.8 Å². The van der Waals surface area contributed by atoms with Crippen molar-refractivity contribution in [2.45, 2.75) is 45.4 Å². The molecule has 2 aromatic rings. The molecule has 0 N–H and O–H groups in total. The lowest BCUT2D eigenvalue weighted by Crippen LogP contribution is -2.27. The summed E-state index contributed by atoms with van der Waals surface area (Å²) in [5.41, 5.74) is 3.12. The van der Waals surface area contributed by atoms with Crippen LogP contribution in [-0.2, 0) is 12.8 Å². The van der Waals surface area contributed by atoms with Crippen molar-refractivity contribution in [1.29, 1.82) is 0 Å². The molecular weight excluding hydrogens is 236 g/mol. The van der Waals surface area contributed by atoms with E-state index in [4.69, 9.17) is 0 Å². The summed E-state index contributed by atoms with van der Waals surface area (Å²) < 4.78 is 1.52. The molecule has 1 heterocycles. The Balaban J connectivity index is 1.83. The third-order valence-corrected chi connectivity index (χ3v) is 6.25. The molecule has 2 aliphatic carbocycles. The minimum absolute atomic E-state index is 0.990. The molecule has 18 heavy (non-hydrogen) atoms. The van der Waals surface area contributed by atoms with Gasteiger partial charge in [0.25, 0.3) is 0 Å². The maximum absolute atomic E-state index is 2.41. The number of thiophene rings is 1. The van der Waals surface area contributed by atoms with Crippen LogP contribution >= 0.6 is 11.3 Å². The molecular formula is C17H20S. The Morgan fingerprint density at radius 2 is 1.83 bits per heavy atom. The van der Waals surface area contributed by atoms with Crippen molar-refractivity contribution >= 4 is 21.4 Å². The van der Waals surface area contributed by atoms with Gasteiger partial charge in [0.05, 0.1) is 0 Å². The van der Waals surface area contributed by atoms with Gasteiger partial charge in [-0.3, -0.25) is 0 Å². The second kappa shape index (κ2) is 4.09. The monoisotopic (exact) mass is 256 g/mol. The van der Waals surface area contributed by atoms with Crippen molar-refractivity contribution < 1.29 is 0 Å². The second-order valence-corrected chi connectivity index (χ2v) is 7.35. The normalized spacial score (nSPS) is 26.9. The first-order chi connectivity index (χ1) is 8.81. The first-order valence-electron chi connectivity index (χ1n) is 7.32. The number of rotatable bonds is 0. The van der Waals surface area contributed by atoms with Crippen LogP contribution in [0.5, 0.6) is 0 Å². The zero-order chi connectivity index (χ0) is 12.1. The van der Waals surface area contributed by atoms with Crippen LogP contribution in [0.2, 0.25) is 0 Å². The zero-order valence-corrected chi connectivity index (χ0v) is 11.9. The molecule has 0 nitrogen and oxygen atoms in total. The summed E-state index contributed by atoms with van der Waals surface area (Å²) >= 11 is 2.06. The number of benzene rings is 1. The standard InChI is InChI=1S/C17H20S/c1-11-6-7-16-14(8-11)15-9-12-4-2-3-5-13(12)10-17(15)18-16/h6-8,12-13H,2-5,9-10H2,1H3. The Bertz CT molecular complexity index is 593. The summed E-state index contributed by atoms with van der Waals surface area (Å²) in [6.45, 7) is 2.22. The van der Waals surface area contributed by atoms with E-state index in [2.05, 4.69) is 36.5 Å². The molecule has 1 heteroatoms. The number of aryl methyl sites for hydroxylation is 1. The van der Waals surface area contributed by atoms with E-state index in [1.54, 1.807) is 15.8 Å². The predicted molar refractivity (Wildman–Crippen MR) is 79.4 cm³/mol. The molecule has 0 saturated heterocycles. The molecule has 1 aromatic heterocycles. The Hall–Kier alpha value is -0.820. The van der Waals surface area contributed by atoms with Gasteiger partial charge >= 0.3 is 0 Å². The van der Waals surface area contributed by atoms with E-state index in [1.165, 1.54) is 48.8 Å². The van der Waals surface area contributed by atoms with Crippen LogP contribution in [0.25, 0.3) is 10.1 Å². The summed E-state index contributed by atoms with van der Waals surface area (Å²) in [4.78, 5) is 1.71. The summed E-state index contributed by atoms with van der Waals surface area (Å²) in [5, 5.41) is 1.57. The first kappa shape index (κ1) is 11.0. The Morgan fingerprint density at radius 3 is 2.67 bits per heavy atom. The summed E-state index contributed by atoms with van der Waals surface area (Å²) in [6, 6.07) is 7.00. The summed E-state index contributed by atoms with van der Waals surface area (Å²) in [6.07, 6.45) is 8.64. The van der Waals surface area contributed by atoms with Crippen LogP contribution in [-0.4, -0.2) is 0 Å². The van der Waals surface area contributed by atoms with Gasteiger partial charge in [0.2, 0.25) is 0 Å². The molecule has 0 amide bonds. The number of hydrogen-bond acceptors (Lipinski definition) is 1. The predicted octanol–water partition coefficient (Wildman–Crippen LogP) is 5.11. The highest BCUT2D eigenvalue weighted by atomic mass is 32.1. The minimum atomic E-state index is 0.990. The van der Waals surface area contributed by atoms with Gasteiger partial charge in [-0.2, -0.15) is 0 Å². The smallest absolute Gasteiger partial charge is 0.0348 e. The third-order valence-electron chi connectivity index (χ3n) is 5.01. The second-order valence-electron chi connectivity index (χ2n) is 6.22. The van der Waals surface area contributed by atoms with E-state index in [9.17, 15) is 0 Å². The summed E-state index contributed by atoms with van der Waals surface area (Å²) in [5.74, 6) is 1.99. The first-order valence-corrected chi connectivity index (χ1v) is 8.14. The highest BCUT2D eigenvalue weighted by Gasteiger charge is 2.32. The van der Waals surface area contributed by atoms with Crippen LogP contribution in [0.15, 0.2) is 18.2 Å². The Kier molecular flexibility index (Phi) is 2.51. The van der Waals surface area contributed by atoms with Crippen molar-refractivity contribution in [2.75, 3.05) is 0 Å². The fraction of sp³-hybridized carbons (Fsp3) is 0.529. The van der Waals surface area contributed by atoms with Gasteiger partial charge < -0.3 is 0 Å². The summed E-state index contributed by atoms with van der Waals surface area (Å²) in [7, 11) is 0. The van der Waals surface area contributed by atoms with E-state index >= 15 is 0 Å². The van der Waals surface area contributed by atoms with E-state index < -0.39 is 0 Å². The minimum Gasteiger partial charge on any atom is -0.140 e. The van der Waals surface area contributed by atoms with Gasteiger partial charge in [0.1, 0.15) is 0 Å². The topological polar surface area (TPSA) is 0 Å². The highest BCUT2D eigenvalue weighted by molar-refractivity contribution is 7.19. The molecule has 4 rings (SSSR count). The molecule has 0 aliphatic heterocycles. The molecule has 1 fully saturated rings. The van der Waals surface area contributed by atoms with Gasteiger partial charge in [0, 0.05) is 9.58 Å². The zero-order valence-electron chi connectivity index (χ0n) is 11.0. The van der Waals surface area contributed by atoms with Crippen molar-refractivity contribution in [3.8, 4) is 0 Å². The van der Waals surface area contributed by atoms with Gasteiger partial charge in [0.15, 0.2) is 0 Å². The number of fused-ring (bicyclic) bond motifs is 4. The van der Waals surface area contributed by atoms with Crippen molar-refractivity contribution in [1.82, 2.24) is 0 Å². The van der Waals surface area contributed by atoms with Gasteiger partial charge in [-0.15, -0.1) is 11.3 Å². The van der Waals surface area contributed by atoms with Crippen molar-refractivity contribution in [3.05, 3.63) is 34.2 Å². The fourth-order valence-corrected chi connectivity index (χ4v) is 5.33. The van der Waals surface area contributed by atoms with Crippen molar-refractivity contribution in [3.63, 3.8) is 0 Å². The molecule has 1 aromatic carbocycles. The molecule has 0 spiro atoms. The average molecular weight is 256 g/mol. The van der Waals surface area contributed by atoms with Gasteiger partial charge in [-0.25, -0.2) is 0 Å². The molecule has 0 bridgehead atoms. The van der Waals surface area contributed by atoms with E-state index in [1.807, 2.05) is 0 Å². The lowest BCUT2D eigenvalue weighted by atomic mass is 9.70. The molecule has 0 radical (unpaired) electrons. The van der Waals surface area contributed by atoms with E-state index in [-0.39, 0.29) is 0 Å². The Labute approximate surface area is 113 Å². The lowest BCUT2D eigenvalue weighted by molar-refractivity contribution is 0.223. The molecule has 2 aliphatic rings. The van der Waals surface area contributed by atoms with Crippen LogP contribution in [0.1, 0.15) is 41.7 Å². The molecule has 2 unspecified atom stereocenters. The van der Waals surface area contributed by atoms with Crippen LogP contribution < -0.4 is 0 Å². The maximum atomic E-state index is 2.41. The Morgan fingerprint density at radius 1 is 1.06 bits per heavy atom. The quantitative estimate of drug-likeness (QED) is 0.614. The van der Waals surface area contributed by atoms with Crippen LogP contribution in [0, 0.1) is 18.8 Å². The van der Waals surface area contributed by atoms with Gasteiger partial charge in [-0.05, 0) is 61.5 Å².